The number of hydrogen-bond acceptors (Lipinski definition) is 2. The van der Waals surface area contributed by atoms with E-state index in [0.717, 1.165) is 43.0 Å². The summed E-state index contributed by atoms with van der Waals surface area (Å²) in [6, 6.07) is 19.0. The molecule has 0 unspecified atom stereocenters. The fraction of sp³-hybridized carbons (Fsp3) is 0.441. The van der Waals surface area contributed by atoms with Crippen molar-refractivity contribution in [3.63, 3.8) is 0 Å². The van der Waals surface area contributed by atoms with Gasteiger partial charge in [0.05, 0.1) is 0 Å². The van der Waals surface area contributed by atoms with Crippen molar-refractivity contribution in [3.05, 3.63) is 102 Å². The largest absolute Gasteiger partial charge is 0.388 e. The maximum absolute atomic E-state index is 4.37. The SMILES string of the molecule is C=C1C[C@H](C(=C)NC(/C=C(\C)c2cccc(CCC)c2)=NC)CN1.CCCCCC.Cc1ccccc1. The van der Waals surface area contributed by atoms with Crippen LogP contribution in [0.5, 0.6) is 0 Å². The van der Waals surface area contributed by atoms with Crippen LogP contribution in [-0.4, -0.2) is 19.4 Å². The van der Waals surface area contributed by atoms with Crippen molar-refractivity contribution in [2.24, 2.45) is 10.9 Å². The summed E-state index contributed by atoms with van der Waals surface area (Å²) in [6.45, 7) is 19.9. The molecule has 37 heavy (non-hydrogen) atoms. The minimum absolute atomic E-state index is 0.371. The van der Waals surface area contributed by atoms with Crippen molar-refractivity contribution < 1.29 is 0 Å². The fourth-order valence-corrected chi connectivity index (χ4v) is 3.96. The highest BCUT2D eigenvalue weighted by molar-refractivity contribution is 5.99. The molecule has 0 spiro atoms. The molecular weight excluding hydrogens is 450 g/mol. The number of hydrogen-bond donors (Lipinski definition) is 2. The topological polar surface area (TPSA) is 36.4 Å². The Balaban J connectivity index is 0.000000429. The third kappa shape index (κ3) is 13.7. The summed E-state index contributed by atoms with van der Waals surface area (Å²) in [4.78, 5) is 4.37. The molecule has 0 radical (unpaired) electrons. The number of nitrogens with one attached hydrogen (secondary N) is 2. The second-order valence-electron chi connectivity index (χ2n) is 9.78. The lowest BCUT2D eigenvalue weighted by Gasteiger charge is -2.15. The predicted octanol–water partition coefficient (Wildman–Crippen LogP) is 8.88. The first kappa shape index (κ1) is 32.0. The number of allylic oxidation sites excluding steroid dienone is 2. The highest BCUT2D eigenvalue weighted by Gasteiger charge is 2.20. The molecule has 1 aliphatic heterocycles. The number of aliphatic imine (C=N–C) groups is 1. The number of rotatable bonds is 9. The molecule has 3 heteroatoms. The van der Waals surface area contributed by atoms with Crippen LogP contribution >= 0.6 is 0 Å². The molecular formula is C34H51N3. The Labute approximate surface area is 227 Å². The van der Waals surface area contributed by atoms with E-state index in [1.807, 2.05) is 18.2 Å². The molecule has 0 bridgehead atoms. The molecule has 2 N–H and O–H groups in total. The monoisotopic (exact) mass is 501 g/mol. The zero-order valence-corrected chi connectivity index (χ0v) is 24.4. The van der Waals surface area contributed by atoms with Gasteiger partial charge in [0.2, 0.25) is 0 Å². The Morgan fingerprint density at radius 1 is 1.03 bits per heavy atom. The maximum atomic E-state index is 4.37. The van der Waals surface area contributed by atoms with Gasteiger partial charge in [0.15, 0.2) is 0 Å². The van der Waals surface area contributed by atoms with Crippen molar-refractivity contribution in [2.45, 2.75) is 79.6 Å². The third-order valence-corrected chi connectivity index (χ3v) is 6.29. The van der Waals surface area contributed by atoms with Gasteiger partial charge in [-0.2, -0.15) is 0 Å². The van der Waals surface area contributed by atoms with Crippen molar-refractivity contribution in [2.75, 3.05) is 13.6 Å². The van der Waals surface area contributed by atoms with Gasteiger partial charge in [-0.3, -0.25) is 4.99 Å². The standard InChI is InChI=1S/C21H29N3.C7H8.C6H14/c1-6-8-18-9-7-10-19(13-18)15(2)11-21(22-5)24-17(4)20-12-16(3)23-14-20;1-7-5-3-2-4-6-7;1-3-5-6-4-2/h7,9-11,13,20,23H,3-4,6,8,12,14H2,1-2,5H3,(H,22,24);2-6H,1H3;3-6H2,1-2H3/b15-11+;;/t20-;;/m0../s1. The van der Waals surface area contributed by atoms with E-state index in [2.05, 4.69) is 106 Å². The Bertz CT molecular complexity index is 981. The van der Waals surface area contributed by atoms with E-state index in [0.29, 0.717) is 5.92 Å². The predicted molar refractivity (Wildman–Crippen MR) is 166 cm³/mol. The number of aryl methyl sites for hydroxylation is 2. The molecule has 0 aliphatic carbocycles. The minimum atomic E-state index is 0.371. The molecule has 202 valence electrons. The van der Waals surface area contributed by atoms with Gasteiger partial charge in [0.1, 0.15) is 5.84 Å². The summed E-state index contributed by atoms with van der Waals surface area (Å²) in [5.74, 6) is 1.21. The number of benzene rings is 2. The first-order valence-corrected chi connectivity index (χ1v) is 14.0. The van der Waals surface area contributed by atoms with Crippen LogP contribution in [0.15, 0.2) is 90.2 Å². The molecule has 3 rings (SSSR count). The Kier molecular flexibility index (Phi) is 16.5. The average Bonchev–Trinajstić information content (AvgIpc) is 3.35. The van der Waals surface area contributed by atoms with Crippen LogP contribution in [0, 0.1) is 12.8 Å². The smallest absolute Gasteiger partial charge is 0.125 e. The van der Waals surface area contributed by atoms with E-state index in [1.165, 1.54) is 47.9 Å². The van der Waals surface area contributed by atoms with Gasteiger partial charge in [0.25, 0.3) is 0 Å². The van der Waals surface area contributed by atoms with Gasteiger partial charge < -0.3 is 10.6 Å². The molecule has 1 fully saturated rings. The maximum Gasteiger partial charge on any atom is 0.125 e. The molecule has 0 amide bonds. The number of unbranched alkanes of at least 4 members (excludes halogenated alkanes) is 3. The summed E-state index contributed by atoms with van der Waals surface area (Å²) in [7, 11) is 1.80. The van der Waals surface area contributed by atoms with Crippen LogP contribution in [0.4, 0.5) is 0 Å². The summed E-state index contributed by atoms with van der Waals surface area (Å²) in [5, 5.41) is 6.64. The van der Waals surface area contributed by atoms with Crippen LogP contribution in [-0.2, 0) is 6.42 Å². The van der Waals surface area contributed by atoms with E-state index in [9.17, 15) is 0 Å². The molecule has 1 heterocycles. The van der Waals surface area contributed by atoms with E-state index in [4.69, 9.17) is 0 Å². The average molecular weight is 502 g/mol. The lowest BCUT2D eigenvalue weighted by Crippen LogP contribution is -2.26. The lowest BCUT2D eigenvalue weighted by molar-refractivity contribution is 0.657. The second kappa shape index (κ2) is 19.1. The van der Waals surface area contributed by atoms with Crippen molar-refractivity contribution in [3.8, 4) is 0 Å². The van der Waals surface area contributed by atoms with Crippen molar-refractivity contribution >= 4 is 11.4 Å². The van der Waals surface area contributed by atoms with Crippen LogP contribution in [0.3, 0.4) is 0 Å². The fourth-order valence-electron chi connectivity index (χ4n) is 3.96. The van der Waals surface area contributed by atoms with Crippen LogP contribution in [0.25, 0.3) is 5.57 Å². The quantitative estimate of drug-likeness (QED) is 0.204. The van der Waals surface area contributed by atoms with Gasteiger partial charge in [-0.1, -0.05) is 126 Å². The molecule has 1 aliphatic rings. The highest BCUT2D eigenvalue weighted by atomic mass is 15.0. The molecule has 2 aromatic rings. The zero-order valence-electron chi connectivity index (χ0n) is 24.4. The zero-order chi connectivity index (χ0) is 27.5. The third-order valence-electron chi connectivity index (χ3n) is 6.29. The van der Waals surface area contributed by atoms with Crippen LogP contribution in [0.2, 0.25) is 0 Å². The van der Waals surface area contributed by atoms with Crippen molar-refractivity contribution in [1.82, 2.24) is 10.6 Å². The van der Waals surface area contributed by atoms with Gasteiger partial charge in [-0.05, 0) is 49.5 Å². The molecule has 0 aromatic heterocycles. The molecule has 1 saturated heterocycles. The minimum Gasteiger partial charge on any atom is -0.388 e. The van der Waals surface area contributed by atoms with E-state index >= 15 is 0 Å². The molecule has 0 saturated carbocycles. The molecule has 3 nitrogen and oxygen atoms in total. The van der Waals surface area contributed by atoms with Gasteiger partial charge in [-0.25, -0.2) is 0 Å². The Morgan fingerprint density at radius 2 is 1.70 bits per heavy atom. The Hall–Kier alpha value is -3.07. The summed E-state index contributed by atoms with van der Waals surface area (Å²) >= 11 is 0. The lowest BCUT2D eigenvalue weighted by atomic mass is 10.0. The summed E-state index contributed by atoms with van der Waals surface area (Å²) < 4.78 is 0. The van der Waals surface area contributed by atoms with Crippen molar-refractivity contribution in [1.29, 1.82) is 0 Å². The van der Waals surface area contributed by atoms with Gasteiger partial charge >= 0.3 is 0 Å². The first-order valence-electron chi connectivity index (χ1n) is 14.0. The summed E-state index contributed by atoms with van der Waals surface area (Å²) in [5.41, 5.74) is 7.21. The van der Waals surface area contributed by atoms with E-state index in [-0.39, 0.29) is 0 Å². The highest BCUT2D eigenvalue weighted by Crippen LogP contribution is 2.21. The molecule has 2 aromatic carbocycles. The number of amidine groups is 1. The summed E-state index contributed by atoms with van der Waals surface area (Å²) in [6.07, 6.45) is 10.8. The number of nitrogens with zero attached hydrogens (tertiary/aromatic N) is 1. The second-order valence-corrected chi connectivity index (χ2v) is 9.78. The van der Waals surface area contributed by atoms with E-state index < -0.39 is 0 Å². The normalized spacial score (nSPS) is 15.1. The first-order chi connectivity index (χ1) is 17.8. The van der Waals surface area contributed by atoms with Gasteiger partial charge in [0, 0.05) is 30.9 Å². The Morgan fingerprint density at radius 3 is 2.19 bits per heavy atom. The van der Waals surface area contributed by atoms with Crippen LogP contribution < -0.4 is 10.6 Å². The van der Waals surface area contributed by atoms with Crippen LogP contribution in [0.1, 0.15) is 82.9 Å². The molecule has 1 atom stereocenters. The van der Waals surface area contributed by atoms with Gasteiger partial charge in [-0.15, -0.1) is 0 Å². The van der Waals surface area contributed by atoms with E-state index in [1.54, 1.807) is 7.05 Å².